The number of halogens is 1. The zero-order chi connectivity index (χ0) is 9.14. The molecule has 12 heavy (non-hydrogen) atoms. The van der Waals surface area contributed by atoms with Crippen LogP contribution in [0, 0.1) is 12.7 Å². The lowest BCUT2D eigenvalue weighted by Crippen LogP contribution is -1.96. The van der Waals surface area contributed by atoms with Crippen LogP contribution in [0.1, 0.15) is 15.9 Å². The van der Waals surface area contributed by atoms with E-state index in [4.69, 9.17) is 4.74 Å². The molecule has 0 bridgehead atoms. The van der Waals surface area contributed by atoms with Crippen molar-refractivity contribution in [2.24, 2.45) is 0 Å². The zero-order valence-electron chi connectivity index (χ0n) is 6.93. The minimum Gasteiger partial charge on any atom is -0.493 e. The molecule has 0 aliphatic rings. The van der Waals surface area contributed by atoms with Crippen LogP contribution in [-0.4, -0.2) is 13.4 Å². The summed E-state index contributed by atoms with van der Waals surface area (Å²) >= 11 is 0. The highest BCUT2D eigenvalue weighted by Gasteiger charge is 2.10. The fourth-order valence-corrected chi connectivity index (χ4v) is 1.03. The largest absolute Gasteiger partial charge is 0.493 e. The van der Waals surface area contributed by atoms with E-state index in [1.807, 2.05) is 0 Å². The second-order valence-corrected chi connectivity index (χ2v) is 2.43. The fraction of sp³-hybridized carbons (Fsp3) is 0.222. The van der Waals surface area contributed by atoms with Crippen LogP contribution in [0.2, 0.25) is 0 Å². The van der Waals surface area contributed by atoms with E-state index in [0.717, 1.165) is 0 Å². The smallest absolute Gasteiger partial charge is 0.165 e. The van der Waals surface area contributed by atoms with Gasteiger partial charge in [0.25, 0.3) is 0 Å². The summed E-state index contributed by atoms with van der Waals surface area (Å²) in [6, 6.07) is 2.82. The molecule has 0 saturated carbocycles. The molecule has 0 aliphatic heterocycles. The topological polar surface area (TPSA) is 26.3 Å². The quantitative estimate of drug-likeness (QED) is 0.631. The van der Waals surface area contributed by atoms with Crippen molar-refractivity contribution in [1.29, 1.82) is 0 Å². The molecular formula is C9H9FO2. The number of aryl methyl sites for hydroxylation is 1. The summed E-state index contributed by atoms with van der Waals surface area (Å²) in [5.41, 5.74) is 0.987. The SMILES string of the molecule is COc1c(F)ccc(C)c1C=O. The van der Waals surface area contributed by atoms with Crippen LogP contribution in [0.5, 0.6) is 5.75 Å². The van der Waals surface area contributed by atoms with Crippen LogP contribution in [0.3, 0.4) is 0 Å². The summed E-state index contributed by atoms with van der Waals surface area (Å²) in [6.45, 7) is 1.73. The third-order valence-electron chi connectivity index (χ3n) is 1.69. The molecule has 0 saturated heterocycles. The Balaban J connectivity index is 3.38. The molecule has 1 aromatic carbocycles. The molecule has 0 amide bonds. The average Bonchev–Trinajstić information content (AvgIpc) is 2.08. The van der Waals surface area contributed by atoms with Gasteiger partial charge in [-0.3, -0.25) is 4.79 Å². The molecular weight excluding hydrogens is 159 g/mol. The van der Waals surface area contributed by atoms with Gasteiger partial charge in [-0.1, -0.05) is 6.07 Å². The van der Waals surface area contributed by atoms with Gasteiger partial charge in [-0.25, -0.2) is 4.39 Å². The Kier molecular flexibility index (Phi) is 2.43. The van der Waals surface area contributed by atoms with Gasteiger partial charge in [-0.2, -0.15) is 0 Å². The number of benzene rings is 1. The van der Waals surface area contributed by atoms with Crippen LogP contribution >= 0.6 is 0 Å². The maximum atomic E-state index is 12.9. The lowest BCUT2D eigenvalue weighted by Gasteiger charge is -2.06. The molecule has 0 heterocycles. The van der Waals surface area contributed by atoms with Crippen molar-refractivity contribution in [2.75, 3.05) is 7.11 Å². The van der Waals surface area contributed by atoms with Crippen LogP contribution in [0.4, 0.5) is 4.39 Å². The summed E-state index contributed by atoms with van der Waals surface area (Å²) in [4.78, 5) is 10.5. The summed E-state index contributed by atoms with van der Waals surface area (Å²) in [5.74, 6) is -0.491. The van der Waals surface area contributed by atoms with Crippen molar-refractivity contribution in [3.8, 4) is 5.75 Å². The maximum absolute atomic E-state index is 12.9. The van der Waals surface area contributed by atoms with Crippen molar-refractivity contribution in [2.45, 2.75) is 6.92 Å². The molecule has 0 fully saturated rings. The molecule has 1 rings (SSSR count). The number of carbonyl (C=O) groups is 1. The van der Waals surface area contributed by atoms with Crippen molar-refractivity contribution < 1.29 is 13.9 Å². The number of methoxy groups -OCH3 is 1. The van der Waals surface area contributed by atoms with Crippen molar-refractivity contribution in [3.05, 3.63) is 29.1 Å². The predicted molar refractivity (Wildman–Crippen MR) is 43.1 cm³/mol. The first-order chi connectivity index (χ1) is 5.70. The first-order valence-electron chi connectivity index (χ1n) is 3.49. The molecule has 0 spiro atoms. The molecule has 0 N–H and O–H groups in total. The van der Waals surface area contributed by atoms with E-state index >= 15 is 0 Å². The van der Waals surface area contributed by atoms with E-state index in [-0.39, 0.29) is 11.3 Å². The molecule has 0 radical (unpaired) electrons. The maximum Gasteiger partial charge on any atom is 0.165 e. The number of hydrogen-bond donors (Lipinski definition) is 0. The fourth-order valence-electron chi connectivity index (χ4n) is 1.03. The zero-order valence-corrected chi connectivity index (χ0v) is 6.93. The van der Waals surface area contributed by atoms with Crippen molar-refractivity contribution >= 4 is 6.29 Å². The van der Waals surface area contributed by atoms with E-state index in [1.165, 1.54) is 13.2 Å². The highest BCUT2D eigenvalue weighted by Crippen LogP contribution is 2.23. The van der Waals surface area contributed by atoms with Crippen LogP contribution in [0.25, 0.3) is 0 Å². The summed E-state index contributed by atoms with van der Waals surface area (Å²) in [5, 5.41) is 0. The third-order valence-corrected chi connectivity index (χ3v) is 1.69. The number of aldehydes is 1. The summed E-state index contributed by atoms with van der Waals surface area (Å²) in [7, 11) is 1.34. The van der Waals surface area contributed by atoms with Gasteiger partial charge in [0.15, 0.2) is 17.9 Å². The summed E-state index contributed by atoms with van der Waals surface area (Å²) < 4.78 is 17.7. The number of carbonyl (C=O) groups excluding carboxylic acids is 1. The van der Waals surface area contributed by atoms with Gasteiger partial charge in [0.1, 0.15) is 0 Å². The number of rotatable bonds is 2. The Labute approximate surface area is 70.0 Å². The standard InChI is InChI=1S/C9H9FO2/c1-6-3-4-8(10)9(12-2)7(6)5-11/h3-5H,1-2H3. The Hall–Kier alpha value is -1.38. The van der Waals surface area contributed by atoms with Gasteiger partial charge in [-0.15, -0.1) is 0 Å². The molecule has 2 nitrogen and oxygen atoms in total. The van der Waals surface area contributed by atoms with E-state index in [0.29, 0.717) is 11.8 Å². The van der Waals surface area contributed by atoms with E-state index in [2.05, 4.69) is 0 Å². The molecule has 0 aromatic heterocycles. The number of ether oxygens (including phenoxy) is 1. The highest BCUT2D eigenvalue weighted by molar-refractivity contribution is 5.81. The van der Waals surface area contributed by atoms with Gasteiger partial charge in [-0.05, 0) is 18.6 Å². The second-order valence-electron chi connectivity index (χ2n) is 2.43. The van der Waals surface area contributed by atoms with Crippen LogP contribution < -0.4 is 4.74 Å². The van der Waals surface area contributed by atoms with Gasteiger partial charge in [0, 0.05) is 0 Å². The van der Waals surface area contributed by atoms with Crippen LogP contribution in [-0.2, 0) is 0 Å². The van der Waals surface area contributed by atoms with Gasteiger partial charge < -0.3 is 4.74 Å². The first-order valence-corrected chi connectivity index (χ1v) is 3.49. The molecule has 0 aliphatic carbocycles. The Morgan fingerprint density at radius 3 is 2.58 bits per heavy atom. The van der Waals surface area contributed by atoms with Gasteiger partial charge in [0.2, 0.25) is 0 Å². The van der Waals surface area contributed by atoms with Gasteiger partial charge >= 0.3 is 0 Å². The third kappa shape index (κ3) is 1.30. The Morgan fingerprint density at radius 1 is 1.50 bits per heavy atom. The predicted octanol–water partition coefficient (Wildman–Crippen LogP) is 1.96. The minimum absolute atomic E-state index is 0.0185. The molecule has 64 valence electrons. The average molecular weight is 168 g/mol. The monoisotopic (exact) mass is 168 g/mol. The Morgan fingerprint density at radius 2 is 2.17 bits per heavy atom. The molecule has 3 heteroatoms. The molecule has 0 unspecified atom stereocenters. The summed E-state index contributed by atoms with van der Waals surface area (Å²) in [6.07, 6.45) is 0.594. The lowest BCUT2D eigenvalue weighted by molar-refractivity contribution is 0.111. The van der Waals surface area contributed by atoms with E-state index in [1.54, 1.807) is 13.0 Å². The van der Waals surface area contributed by atoms with Crippen molar-refractivity contribution in [1.82, 2.24) is 0 Å². The normalized spacial score (nSPS) is 9.58. The first kappa shape index (κ1) is 8.71. The molecule has 0 atom stereocenters. The lowest BCUT2D eigenvalue weighted by atomic mass is 10.1. The number of hydrogen-bond acceptors (Lipinski definition) is 2. The van der Waals surface area contributed by atoms with Crippen molar-refractivity contribution in [3.63, 3.8) is 0 Å². The van der Waals surface area contributed by atoms with Gasteiger partial charge in [0.05, 0.1) is 12.7 Å². The second kappa shape index (κ2) is 3.34. The minimum atomic E-state index is -0.509. The highest BCUT2D eigenvalue weighted by atomic mass is 19.1. The van der Waals surface area contributed by atoms with Crippen LogP contribution in [0.15, 0.2) is 12.1 Å². The van der Waals surface area contributed by atoms with E-state index < -0.39 is 5.82 Å². The molecule has 1 aromatic rings. The Bertz CT molecular complexity index is 308. The van der Waals surface area contributed by atoms with E-state index in [9.17, 15) is 9.18 Å².